The van der Waals surface area contributed by atoms with Crippen LogP contribution in [0.15, 0.2) is 23.8 Å². The number of unbranched alkanes of at least 4 members (excludes halogenated alkanes) is 2. The smallest absolute Gasteiger partial charge is 0.313 e. The van der Waals surface area contributed by atoms with Gasteiger partial charge in [-0.05, 0) is 31.8 Å². The van der Waals surface area contributed by atoms with Crippen molar-refractivity contribution >= 4 is 5.97 Å². The van der Waals surface area contributed by atoms with Gasteiger partial charge in [0, 0.05) is 0 Å². The monoisotopic (exact) mass is 274 g/mol. The van der Waals surface area contributed by atoms with E-state index in [9.17, 15) is 4.79 Å². The highest BCUT2D eigenvalue weighted by molar-refractivity contribution is 5.77. The van der Waals surface area contributed by atoms with Crippen LogP contribution in [0.25, 0.3) is 0 Å². The molecule has 0 N–H and O–H groups in total. The Labute approximate surface area is 121 Å². The molecule has 0 aromatic rings. The van der Waals surface area contributed by atoms with E-state index < -0.39 is 5.92 Å². The Balaban J connectivity index is 5.37. The minimum atomic E-state index is -0.571. The molecule has 0 heterocycles. The molecule has 1 unspecified atom stereocenters. The number of ether oxygens (including phenoxy) is 1. The Bertz CT molecular complexity index is 422. The van der Waals surface area contributed by atoms with Gasteiger partial charge in [0.1, 0.15) is 17.7 Å². The highest BCUT2D eigenvalue weighted by Crippen LogP contribution is 2.26. The molecule has 1 atom stereocenters. The van der Waals surface area contributed by atoms with Crippen LogP contribution in [-0.4, -0.2) is 12.6 Å². The lowest BCUT2D eigenvalue weighted by Crippen LogP contribution is -2.20. The van der Waals surface area contributed by atoms with Gasteiger partial charge in [-0.3, -0.25) is 4.79 Å². The van der Waals surface area contributed by atoms with Gasteiger partial charge in [0.25, 0.3) is 0 Å². The van der Waals surface area contributed by atoms with Gasteiger partial charge in [-0.25, -0.2) is 0 Å². The van der Waals surface area contributed by atoms with Crippen molar-refractivity contribution in [3.63, 3.8) is 0 Å². The standard InChI is InChI=1S/C16H22N2O2/c1-4-7-8-10-14(13(11-17)12-18)15(9-5-2)16(19)20-6-3/h5,15H,2,4,6-10H2,1,3H3. The van der Waals surface area contributed by atoms with Crippen LogP contribution in [0.2, 0.25) is 0 Å². The van der Waals surface area contributed by atoms with Gasteiger partial charge >= 0.3 is 5.97 Å². The van der Waals surface area contributed by atoms with Gasteiger partial charge in [0.2, 0.25) is 0 Å². The number of rotatable bonds is 9. The topological polar surface area (TPSA) is 73.9 Å². The molecular formula is C16H22N2O2. The molecule has 0 rings (SSSR count). The molecule has 0 aliphatic heterocycles. The normalized spacial score (nSPS) is 10.8. The summed E-state index contributed by atoms with van der Waals surface area (Å²) in [4.78, 5) is 12.0. The number of carbonyl (C=O) groups is 1. The SMILES string of the molecule is C=CCC(C(=O)OCC)C(CCCCC)=C(C#N)C#N. The first-order chi connectivity index (χ1) is 9.65. The summed E-state index contributed by atoms with van der Waals surface area (Å²) < 4.78 is 5.04. The van der Waals surface area contributed by atoms with E-state index >= 15 is 0 Å². The van der Waals surface area contributed by atoms with Crippen LogP contribution in [0.5, 0.6) is 0 Å². The average molecular weight is 274 g/mol. The summed E-state index contributed by atoms with van der Waals surface area (Å²) in [5.74, 6) is -0.958. The number of hydrogen-bond donors (Lipinski definition) is 0. The fraction of sp³-hybridized carbons (Fsp3) is 0.562. The Morgan fingerprint density at radius 2 is 1.95 bits per heavy atom. The summed E-state index contributed by atoms with van der Waals surface area (Å²) in [6.45, 7) is 7.73. The van der Waals surface area contributed by atoms with Crippen molar-refractivity contribution in [3.8, 4) is 12.1 Å². The molecule has 4 nitrogen and oxygen atoms in total. The van der Waals surface area contributed by atoms with E-state index in [1.54, 1.807) is 13.0 Å². The van der Waals surface area contributed by atoms with Crippen molar-refractivity contribution in [1.82, 2.24) is 0 Å². The fourth-order valence-corrected chi connectivity index (χ4v) is 2.00. The van der Waals surface area contributed by atoms with Crippen LogP contribution in [-0.2, 0) is 9.53 Å². The summed E-state index contributed by atoms with van der Waals surface area (Å²) >= 11 is 0. The molecule has 0 aliphatic rings. The van der Waals surface area contributed by atoms with Crippen molar-refractivity contribution in [3.05, 3.63) is 23.8 Å². The number of nitriles is 2. The van der Waals surface area contributed by atoms with Crippen molar-refractivity contribution in [2.75, 3.05) is 6.61 Å². The van der Waals surface area contributed by atoms with Crippen molar-refractivity contribution < 1.29 is 9.53 Å². The van der Waals surface area contributed by atoms with Crippen molar-refractivity contribution in [2.45, 2.75) is 46.0 Å². The molecule has 0 saturated heterocycles. The molecule has 0 aliphatic carbocycles. The summed E-state index contributed by atoms with van der Waals surface area (Å²) in [6, 6.07) is 3.78. The zero-order valence-electron chi connectivity index (χ0n) is 12.3. The van der Waals surface area contributed by atoms with Crippen LogP contribution >= 0.6 is 0 Å². The van der Waals surface area contributed by atoms with Crippen molar-refractivity contribution in [2.24, 2.45) is 5.92 Å². The Kier molecular flexibility index (Phi) is 9.70. The van der Waals surface area contributed by atoms with Gasteiger partial charge in [0.05, 0.1) is 12.5 Å². The first-order valence-electron chi connectivity index (χ1n) is 6.96. The quantitative estimate of drug-likeness (QED) is 0.278. The molecule has 0 fully saturated rings. The molecule has 0 spiro atoms. The molecule has 0 aromatic heterocycles. The van der Waals surface area contributed by atoms with E-state index in [0.29, 0.717) is 18.4 Å². The second-order valence-corrected chi connectivity index (χ2v) is 4.41. The molecule has 20 heavy (non-hydrogen) atoms. The highest BCUT2D eigenvalue weighted by Gasteiger charge is 2.25. The number of carbonyl (C=O) groups excluding carboxylic acids is 1. The zero-order valence-corrected chi connectivity index (χ0v) is 12.3. The first kappa shape index (κ1) is 17.9. The second-order valence-electron chi connectivity index (χ2n) is 4.41. The maximum Gasteiger partial charge on any atom is 0.313 e. The number of allylic oxidation sites excluding steroid dienone is 2. The third kappa shape index (κ3) is 5.71. The third-order valence-corrected chi connectivity index (χ3v) is 2.99. The van der Waals surface area contributed by atoms with Crippen LogP contribution in [0, 0.1) is 28.6 Å². The molecule has 4 heteroatoms. The van der Waals surface area contributed by atoms with Gasteiger partial charge in [-0.1, -0.05) is 25.8 Å². The predicted molar refractivity (Wildman–Crippen MR) is 77.3 cm³/mol. The lowest BCUT2D eigenvalue weighted by molar-refractivity contribution is -0.146. The van der Waals surface area contributed by atoms with E-state index in [0.717, 1.165) is 19.3 Å². The zero-order chi connectivity index (χ0) is 15.4. The highest BCUT2D eigenvalue weighted by atomic mass is 16.5. The van der Waals surface area contributed by atoms with Crippen LogP contribution in [0.1, 0.15) is 46.0 Å². The van der Waals surface area contributed by atoms with Gasteiger partial charge in [0.15, 0.2) is 0 Å². The minimum Gasteiger partial charge on any atom is -0.466 e. The Morgan fingerprint density at radius 1 is 1.30 bits per heavy atom. The summed E-state index contributed by atoms with van der Waals surface area (Å²) in [5, 5.41) is 18.1. The van der Waals surface area contributed by atoms with E-state index in [1.807, 2.05) is 12.1 Å². The number of hydrogen-bond acceptors (Lipinski definition) is 4. The van der Waals surface area contributed by atoms with Gasteiger partial charge in [-0.15, -0.1) is 6.58 Å². The van der Waals surface area contributed by atoms with E-state index in [-0.39, 0.29) is 18.1 Å². The minimum absolute atomic E-state index is 0.0287. The van der Waals surface area contributed by atoms with E-state index in [4.69, 9.17) is 15.3 Å². The maximum absolute atomic E-state index is 12.0. The predicted octanol–water partition coefficient (Wildman–Crippen LogP) is 3.67. The Morgan fingerprint density at radius 3 is 2.40 bits per heavy atom. The number of esters is 1. The van der Waals surface area contributed by atoms with Crippen LogP contribution < -0.4 is 0 Å². The van der Waals surface area contributed by atoms with E-state index in [1.165, 1.54) is 0 Å². The molecule has 0 bridgehead atoms. The summed E-state index contributed by atoms with van der Waals surface area (Å²) in [5.41, 5.74) is 0.614. The average Bonchev–Trinajstić information content (AvgIpc) is 2.45. The maximum atomic E-state index is 12.0. The molecule has 108 valence electrons. The lowest BCUT2D eigenvalue weighted by Gasteiger charge is -2.18. The lowest BCUT2D eigenvalue weighted by atomic mass is 9.88. The molecule has 0 amide bonds. The third-order valence-electron chi connectivity index (χ3n) is 2.99. The molecular weight excluding hydrogens is 252 g/mol. The largest absolute Gasteiger partial charge is 0.466 e. The summed E-state index contributed by atoms with van der Waals surface area (Å²) in [6.07, 6.45) is 5.46. The second kappa shape index (κ2) is 10.8. The Hall–Kier alpha value is -2.07. The van der Waals surface area contributed by atoms with Gasteiger partial charge in [-0.2, -0.15) is 10.5 Å². The van der Waals surface area contributed by atoms with Crippen molar-refractivity contribution in [1.29, 1.82) is 10.5 Å². The van der Waals surface area contributed by atoms with Crippen LogP contribution in [0.3, 0.4) is 0 Å². The molecule has 0 aromatic carbocycles. The van der Waals surface area contributed by atoms with Gasteiger partial charge < -0.3 is 4.74 Å². The molecule has 0 saturated carbocycles. The van der Waals surface area contributed by atoms with Crippen LogP contribution in [0.4, 0.5) is 0 Å². The van der Waals surface area contributed by atoms with E-state index in [2.05, 4.69) is 13.5 Å². The molecule has 0 radical (unpaired) electrons. The number of nitrogens with zero attached hydrogens (tertiary/aromatic N) is 2. The first-order valence-corrected chi connectivity index (χ1v) is 6.96. The summed E-state index contributed by atoms with van der Waals surface area (Å²) in [7, 11) is 0. The fourth-order valence-electron chi connectivity index (χ4n) is 2.00.